The quantitative estimate of drug-likeness (QED) is 0.0870. The number of rotatable bonds is 12. The predicted octanol–water partition coefficient (Wildman–Crippen LogP) is 6.76. The highest BCUT2D eigenvalue weighted by Crippen LogP contribution is 2.47. The largest absolute Gasteiger partial charge is 0.483 e. The molecule has 0 saturated carbocycles. The number of aliphatic hydroxyl groups is 1. The van der Waals surface area contributed by atoms with Gasteiger partial charge in [-0.15, -0.1) is 0 Å². The standard InChI is InChI=1S/C31H27F2N3O5.C30H26F3N3O5/c1-17-12-20(32)13-22(33)21(17)14-34-29(39)25-23-10-11-31-16-35(18(2)8-9-24(31)37)30(40)26(36(23)31)28(27(25)38)41-15-19-6-4-3-5-7-19;1-16-7-8-23(37)30-10-9-22-24(28(39)34-13-19-20(32)11-18(31)12-21(19)33)26(38)27(41-14-17-5-3-2-4-6-17)25(36(22)30)29(40)35(16)15-30/h3-9,12-13,18H,10-11,14-16H2,1-2H3,(H,34,39);2-8,11-12,16,23,37H,9-10,13-15H2,1H3,(H,34,39)/t18-,31+;16-,23-,30+/m00/s1. The number of halogens is 5. The van der Waals surface area contributed by atoms with E-state index in [4.69, 9.17) is 9.47 Å². The summed E-state index contributed by atoms with van der Waals surface area (Å²) in [5, 5.41) is 16.2. The van der Waals surface area contributed by atoms with Crippen molar-refractivity contribution in [1.29, 1.82) is 0 Å². The van der Waals surface area contributed by atoms with Crippen molar-refractivity contribution < 1.29 is 60.5 Å². The van der Waals surface area contributed by atoms with Gasteiger partial charge in [0.2, 0.25) is 10.9 Å². The van der Waals surface area contributed by atoms with Crippen LogP contribution in [-0.4, -0.2) is 84.7 Å². The van der Waals surface area contributed by atoms with E-state index < -0.39 is 98.9 Å². The van der Waals surface area contributed by atoms with E-state index in [-0.39, 0.29) is 115 Å². The van der Waals surface area contributed by atoms with Gasteiger partial charge in [-0.25, -0.2) is 22.0 Å². The topological polar surface area (TPSA) is 199 Å². The lowest BCUT2D eigenvalue weighted by atomic mass is 9.87. The number of benzene rings is 4. The molecular formula is C61H53F5N6O10. The van der Waals surface area contributed by atoms with Gasteiger partial charge in [-0.05, 0) is 75.3 Å². The molecule has 12 rings (SSSR count). The summed E-state index contributed by atoms with van der Waals surface area (Å²) >= 11 is 0. The monoisotopic (exact) mass is 1120 g/mol. The van der Waals surface area contributed by atoms with Crippen LogP contribution < -0.4 is 31.0 Å². The highest BCUT2D eigenvalue weighted by atomic mass is 19.2. The Morgan fingerprint density at radius 2 is 1.10 bits per heavy atom. The van der Waals surface area contributed by atoms with Crippen LogP contribution in [0, 0.1) is 36.0 Å². The summed E-state index contributed by atoms with van der Waals surface area (Å²) in [6.07, 6.45) is 6.42. The molecule has 2 aromatic heterocycles. The molecule has 0 saturated heterocycles. The van der Waals surface area contributed by atoms with Gasteiger partial charge in [0.15, 0.2) is 28.7 Å². The SMILES string of the molecule is C[C@H]1C=C[C@H](O)[C@]23CCc4c(C(=O)NCc5c(F)cc(F)cc5F)c(=O)c(OCc5ccccc5)c(n42)C(=O)N1C3.Cc1cc(F)cc(F)c1CNC(=O)c1c2n3c(c(OCc4ccccc4)c1=O)C(=O)N1C[C@]3(CC2)C(=O)C=C[C@@H]1C. The van der Waals surface area contributed by atoms with E-state index in [1.165, 1.54) is 17.6 Å². The van der Waals surface area contributed by atoms with Crippen molar-refractivity contribution in [3.63, 3.8) is 0 Å². The number of carbonyl (C=O) groups is 5. The number of ketones is 1. The number of aromatic nitrogens is 2. The molecule has 0 radical (unpaired) electrons. The van der Waals surface area contributed by atoms with Crippen molar-refractivity contribution in [2.75, 3.05) is 13.1 Å². The first-order valence-electron chi connectivity index (χ1n) is 26.6. The molecule has 4 aromatic carbocycles. The lowest BCUT2D eigenvalue weighted by molar-refractivity contribution is -0.123. The molecule has 6 aliphatic rings. The number of hydrogen-bond donors (Lipinski definition) is 3. The van der Waals surface area contributed by atoms with Crippen LogP contribution in [0.4, 0.5) is 22.0 Å². The third kappa shape index (κ3) is 9.16. The number of aliphatic hydroxyl groups excluding tert-OH is 1. The van der Waals surface area contributed by atoms with Crippen LogP contribution in [0.25, 0.3) is 0 Å². The van der Waals surface area contributed by atoms with Gasteiger partial charge in [0.1, 0.15) is 59.0 Å². The van der Waals surface area contributed by atoms with Crippen LogP contribution in [0.3, 0.4) is 0 Å². The van der Waals surface area contributed by atoms with Crippen LogP contribution in [0.2, 0.25) is 0 Å². The predicted molar refractivity (Wildman–Crippen MR) is 286 cm³/mol. The number of carbonyl (C=O) groups excluding carboxylic acids is 5. The van der Waals surface area contributed by atoms with Crippen molar-refractivity contribution in [3.05, 3.63) is 220 Å². The van der Waals surface area contributed by atoms with Gasteiger partial charge in [0.05, 0.1) is 18.2 Å². The zero-order valence-corrected chi connectivity index (χ0v) is 44.5. The van der Waals surface area contributed by atoms with E-state index in [2.05, 4.69) is 10.6 Å². The number of ether oxygens (including phenoxy) is 2. The lowest BCUT2D eigenvalue weighted by Crippen LogP contribution is -2.58. The molecular weight excluding hydrogens is 1070 g/mol. The van der Waals surface area contributed by atoms with Gasteiger partial charge in [-0.2, -0.15) is 0 Å². The molecule has 0 unspecified atom stereocenters. The van der Waals surface area contributed by atoms with E-state index in [9.17, 15) is 60.6 Å². The first-order chi connectivity index (χ1) is 39.2. The molecule has 0 aliphatic carbocycles. The fraction of sp³-hybridized carbons (Fsp3) is 0.295. The summed E-state index contributed by atoms with van der Waals surface area (Å²) in [4.78, 5) is 99.5. The number of pyridine rings is 2. The van der Waals surface area contributed by atoms with Crippen LogP contribution in [0.5, 0.6) is 11.5 Å². The molecule has 82 heavy (non-hydrogen) atoms. The van der Waals surface area contributed by atoms with Gasteiger partial charge < -0.3 is 44.1 Å². The minimum atomic E-state index is -1.19. The van der Waals surface area contributed by atoms with Crippen LogP contribution in [-0.2, 0) is 55.0 Å². The van der Waals surface area contributed by atoms with Crippen molar-refractivity contribution in [2.45, 2.75) is 102 Å². The summed E-state index contributed by atoms with van der Waals surface area (Å²) < 4.78 is 85.0. The molecule has 2 spiro atoms. The summed E-state index contributed by atoms with van der Waals surface area (Å²) in [6, 6.07) is 20.1. The number of nitrogens with zero attached hydrogens (tertiary/aromatic N) is 4. The number of fused-ring (bicyclic) bond motifs is 2. The zero-order valence-electron chi connectivity index (χ0n) is 44.5. The minimum absolute atomic E-state index is 0.0496. The lowest BCUT2D eigenvalue weighted by Gasteiger charge is -2.45. The van der Waals surface area contributed by atoms with Crippen LogP contribution in [0.15, 0.2) is 119 Å². The van der Waals surface area contributed by atoms with Gasteiger partial charge >= 0.3 is 0 Å². The van der Waals surface area contributed by atoms with E-state index in [1.807, 2.05) is 19.1 Å². The van der Waals surface area contributed by atoms with Crippen molar-refractivity contribution >= 4 is 29.4 Å². The summed E-state index contributed by atoms with van der Waals surface area (Å²) in [7, 11) is 0. The molecule has 6 aliphatic heterocycles. The smallest absolute Gasteiger partial charge is 0.275 e. The number of allylic oxidation sites excluding steroid dienone is 1. The Labute approximate surface area is 465 Å². The first-order valence-corrected chi connectivity index (χ1v) is 26.6. The maximum atomic E-state index is 14.5. The van der Waals surface area contributed by atoms with E-state index >= 15 is 0 Å². The van der Waals surface area contributed by atoms with Crippen molar-refractivity contribution in [3.8, 4) is 11.5 Å². The van der Waals surface area contributed by atoms with E-state index in [1.54, 1.807) is 88.0 Å². The summed E-state index contributed by atoms with van der Waals surface area (Å²) in [6.45, 7) is 4.29. The number of amides is 4. The van der Waals surface area contributed by atoms with Gasteiger partial charge in [-0.3, -0.25) is 33.6 Å². The zero-order chi connectivity index (χ0) is 58.1. The summed E-state index contributed by atoms with van der Waals surface area (Å²) in [5.41, 5.74) is -2.83. The average Bonchev–Trinajstić information content (AvgIpc) is 2.47. The molecule has 16 nitrogen and oxygen atoms in total. The Bertz CT molecular complexity index is 3840. The normalized spacial score (nSPS) is 21.5. The second-order valence-corrected chi connectivity index (χ2v) is 21.3. The molecule has 4 amide bonds. The molecule has 21 heteroatoms. The summed E-state index contributed by atoms with van der Waals surface area (Å²) in [5.74, 6) is -8.60. The minimum Gasteiger partial charge on any atom is -0.483 e. The third-order valence-corrected chi connectivity index (χ3v) is 16.4. The van der Waals surface area contributed by atoms with E-state index in [0.29, 0.717) is 29.7 Å². The molecule has 3 N–H and O–H groups in total. The highest BCUT2D eigenvalue weighted by Gasteiger charge is 2.57. The van der Waals surface area contributed by atoms with Crippen LogP contribution in [0.1, 0.15) is 108 Å². The van der Waals surface area contributed by atoms with Crippen molar-refractivity contribution in [2.24, 2.45) is 0 Å². The number of hydrogen-bond acceptors (Lipinski definition) is 10. The Hall–Kier alpha value is -8.98. The second-order valence-electron chi connectivity index (χ2n) is 21.3. The maximum Gasteiger partial charge on any atom is 0.275 e. The fourth-order valence-electron chi connectivity index (χ4n) is 12.2. The average molecular weight is 1130 g/mol. The molecule has 6 aromatic rings. The first kappa shape index (κ1) is 55.0. The maximum absolute atomic E-state index is 14.5. The van der Waals surface area contributed by atoms with Gasteiger partial charge in [-0.1, -0.05) is 78.9 Å². The van der Waals surface area contributed by atoms with Gasteiger partial charge in [0, 0.05) is 72.4 Å². The molecule has 0 fully saturated rings. The fourth-order valence-corrected chi connectivity index (χ4v) is 12.2. The molecule has 4 bridgehead atoms. The number of nitrogens with one attached hydrogen (secondary N) is 2. The van der Waals surface area contributed by atoms with Crippen molar-refractivity contribution in [1.82, 2.24) is 29.6 Å². The Kier molecular flexibility index (Phi) is 14.2. The molecule has 422 valence electrons. The number of aryl methyl sites for hydroxylation is 1. The Balaban J connectivity index is 0.000000172. The third-order valence-electron chi connectivity index (χ3n) is 16.4. The Morgan fingerprint density at radius 3 is 1.66 bits per heavy atom. The van der Waals surface area contributed by atoms with Crippen LogP contribution >= 0.6 is 0 Å². The Morgan fingerprint density at radius 1 is 0.622 bits per heavy atom. The highest BCUT2D eigenvalue weighted by molar-refractivity contribution is 6.06. The second kappa shape index (κ2) is 21.2. The molecule has 5 atom stereocenters. The van der Waals surface area contributed by atoms with Gasteiger partial charge in [0.25, 0.3) is 23.6 Å². The molecule has 8 heterocycles. The van der Waals surface area contributed by atoms with E-state index in [0.717, 1.165) is 17.7 Å².